The van der Waals surface area contributed by atoms with Crippen LogP contribution in [0.2, 0.25) is 0 Å². The second-order valence-corrected chi connectivity index (χ2v) is 7.00. The Balaban J connectivity index is 1.49. The molecule has 2 rings (SSSR count). The van der Waals surface area contributed by atoms with Gasteiger partial charge in [0.1, 0.15) is 0 Å². The normalized spacial score (nSPS) is 17.0. The van der Waals surface area contributed by atoms with E-state index in [2.05, 4.69) is 42.2 Å². The minimum absolute atomic E-state index is 0.802. The van der Waals surface area contributed by atoms with E-state index in [1.807, 2.05) is 0 Å². The van der Waals surface area contributed by atoms with Gasteiger partial charge in [-0.25, -0.2) is 0 Å². The molecule has 1 aromatic carbocycles. The lowest BCUT2D eigenvalue weighted by Gasteiger charge is -2.32. The quantitative estimate of drug-likeness (QED) is 0.479. The molecule has 0 spiro atoms. The van der Waals surface area contributed by atoms with E-state index in [4.69, 9.17) is 0 Å². The second-order valence-electron chi connectivity index (χ2n) is 7.00. The van der Waals surface area contributed by atoms with E-state index in [0.29, 0.717) is 0 Å². The van der Waals surface area contributed by atoms with Crippen LogP contribution in [0.5, 0.6) is 0 Å². The van der Waals surface area contributed by atoms with E-state index in [-0.39, 0.29) is 0 Å². The monoisotopic (exact) mass is 301 g/mol. The maximum atomic E-state index is 2.69. The van der Waals surface area contributed by atoms with Crippen molar-refractivity contribution in [3.63, 3.8) is 0 Å². The predicted molar refractivity (Wildman–Crippen MR) is 97.5 cm³/mol. The Morgan fingerprint density at radius 1 is 0.818 bits per heavy atom. The average Bonchev–Trinajstić information content (AvgIpc) is 2.59. The molecule has 1 aliphatic rings. The van der Waals surface area contributed by atoms with Gasteiger partial charge in [-0.3, -0.25) is 0 Å². The van der Waals surface area contributed by atoms with Crippen LogP contribution in [-0.2, 0) is 0 Å². The minimum Gasteiger partial charge on any atom is -0.303 e. The SMILES string of the molecule is CCCCCCCCCCN1CCC(c2ccccc2)CC1. The highest BCUT2D eigenvalue weighted by molar-refractivity contribution is 5.19. The van der Waals surface area contributed by atoms with E-state index in [1.54, 1.807) is 5.56 Å². The molecule has 1 nitrogen and oxygen atoms in total. The molecule has 0 atom stereocenters. The molecule has 0 radical (unpaired) electrons. The Labute approximate surface area is 138 Å². The molecular weight excluding hydrogens is 266 g/mol. The summed E-state index contributed by atoms with van der Waals surface area (Å²) in [5.41, 5.74) is 1.55. The zero-order valence-corrected chi connectivity index (χ0v) is 14.6. The van der Waals surface area contributed by atoms with Crippen molar-refractivity contribution in [1.82, 2.24) is 4.90 Å². The van der Waals surface area contributed by atoms with Crippen LogP contribution in [0.15, 0.2) is 30.3 Å². The summed E-state index contributed by atoms with van der Waals surface area (Å²) < 4.78 is 0. The van der Waals surface area contributed by atoms with Crippen LogP contribution in [-0.4, -0.2) is 24.5 Å². The molecule has 0 amide bonds. The third-order valence-electron chi connectivity index (χ3n) is 5.19. The highest BCUT2D eigenvalue weighted by Gasteiger charge is 2.19. The fraction of sp³-hybridized carbons (Fsp3) is 0.714. The lowest BCUT2D eigenvalue weighted by Crippen LogP contribution is -2.33. The summed E-state index contributed by atoms with van der Waals surface area (Å²) in [5, 5.41) is 0. The van der Waals surface area contributed by atoms with Gasteiger partial charge in [0.05, 0.1) is 0 Å². The van der Waals surface area contributed by atoms with E-state index in [9.17, 15) is 0 Å². The van der Waals surface area contributed by atoms with Crippen LogP contribution in [0.25, 0.3) is 0 Å². The molecular formula is C21H35N. The van der Waals surface area contributed by atoms with Gasteiger partial charge in [-0.1, -0.05) is 82.2 Å². The number of hydrogen-bond donors (Lipinski definition) is 0. The molecule has 1 saturated heterocycles. The van der Waals surface area contributed by atoms with E-state index < -0.39 is 0 Å². The fourth-order valence-electron chi connectivity index (χ4n) is 3.68. The van der Waals surface area contributed by atoms with E-state index >= 15 is 0 Å². The van der Waals surface area contributed by atoms with Crippen molar-refractivity contribution in [3.05, 3.63) is 35.9 Å². The van der Waals surface area contributed by atoms with Gasteiger partial charge < -0.3 is 4.90 Å². The molecule has 0 aromatic heterocycles. The molecule has 1 aromatic rings. The Hall–Kier alpha value is -0.820. The topological polar surface area (TPSA) is 3.24 Å². The summed E-state index contributed by atoms with van der Waals surface area (Å²) in [7, 11) is 0. The highest BCUT2D eigenvalue weighted by atomic mass is 15.1. The van der Waals surface area contributed by atoms with Crippen LogP contribution < -0.4 is 0 Å². The van der Waals surface area contributed by atoms with Gasteiger partial charge in [0.15, 0.2) is 0 Å². The van der Waals surface area contributed by atoms with Gasteiger partial charge in [-0.05, 0) is 50.4 Å². The zero-order valence-electron chi connectivity index (χ0n) is 14.6. The van der Waals surface area contributed by atoms with Gasteiger partial charge in [0.2, 0.25) is 0 Å². The van der Waals surface area contributed by atoms with Crippen molar-refractivity contribution < 1.29 is 0 Å². The predicted octanol–water partition coefficient (Wildman–Crippen LogP) is 6.01. The summed E-state index contributed by atoms with van der Waals surface area (Å²) in [6.07, 6.45) is 14.1. The molecule has 124 valence electrons. The van der Waals surface area contributed by atoms with Crippen LogP contribution >= 0.6 is 0 Å². The number of piperidine rings is 1. The Morgan fingerprint density at radius 2 is 1.41 bits per heavy atom. The molecule has 0 unspecified atom stereocenters. The van der Waals surface area contributed by atoms with Gasteiger partial charge in [0, 0.05) is 0 Å². The number of likely N-dealkylation sites (tertiary alicyclic amines) is 1. The summed E-state index contributed by atoms with van der Waals surface area (Å²) in [5.74, 6) is 0.802. The van der Waals surface area contributed by atoms with Gasteiger partial charge >= 0.3 is 0 Å². The fourth-order valence-corrected chi connectivity index (χ4v) is 3.68. The second kappa shape index (κ2) is 10.8. The number of rotatable bonds is 10. The largest absolute Gasteiger partial charge is 0.303 e. The van der Waals surface area contributed by atoms with Crippen molar-refractivity contribution in [3.8, 4) is 0 Å². The molecule has 0 saturated carbocycles. The van der Waals surface area contributed by atoms with Crippen molar-refractivity contribution in [2.45, 2.75) is 77.0 Å². The zero-order chi connectivity index (χ0) is 15.5. The molecule has 1 heteroatoms. The Kier molecular flexibility index (Phi) is 8.63. The van der Waals surface area contributed by atoms with Gasteiger partial charge in [0.25, 0.3) is 0 Å². The molecule has 0 bridgehead atoms. The van der Waals surface area contributed by atoms with Crippen LogP contribution in [0.4, 0.5) is 0 Å². The summed E-state index contributed by atoms with van der Waals surface area (Å²) in [6, 6.07) is 11.1. The van der Waals surface area contributed by atoms with E-state index in [1.165, 1.54) is 83.8 Å². The van der Waals surface area contributed by atoms with E-state index in [0.717, 1.165) is 5.92 Å². The van der Waals surface area contributed by atoms with Crippen molar-refractivity contribution in [2.75, 3.05) is 19.6 Å². The van der Waals surface area contributed by atoms with Crippen molar-refractivity contribution in [1.29, 1.82) is 0 Å². The first-order valence-corrected chi connectivity index (χ1v) is 9.67. The highest BCUT2D eigenvalue weighted by Crippen LogP contribution is 2.27. The van der Waals surface area contributed by atoms with Gasteiger partial charge in [-0.15, -0.1) is 0 Å². The third kappa shape index (κ3) is 6.52. The molecule has 1 fully saturated rings. The molecule has 22 heavy (non-hydrogen) atoms. The average molecular weight is 302 g/mol. The maximum absolute atomic E-state index is 2.69. The smallest absolute Gasteiger partial charge is 0.00129 e. The molecule has 1 heterocycles. The first-order chi connectivity index (χ1) is 10.9. The Morgan fingerprint density at radius 3 is 2.05 bits per heavy atom. The third-order valence-corrected chi connectivity index (χ3v) is 5.19. The first-order valence-electron chi connectivity index (χ1n) is 9.67. The Bertz CT molecular complexity index is 365. The lowest BCUT2D eigenvalue weighted by molar-refractivity contribution is 0.208. The molecule has 0 aliphatic carbocycles. The number of benzene rings is 1. The standard InChI is InChI=1S/C21H35N/c1-2-3-4-5-6-7-8-12-17-22-18-15-21(16-19-22)20-13-10-9-11-14-20/h9-11,13-14,21H,2-8,12,15-19H2,1H3. The van der Waals surface area contributed by atoms with Gasteiger partial charge in [-0.2, -0.15) is 0 Å². The van der Waals surface area contributed by atoms with Crippen LogP contribution in [0.1, 0.15) is 82.6 Å². The maximum Gasteiger partial charge on any atom is -0.00129 e. The minimum atomic E-state index is 0.802. The summed E-state index contributed by atoms with van der Waals surface area (Å²) in [6.45, 7) is 6.23. The number of hydrogen-bond acceptors (Lipinski definition) is 1. The first kappa shape index (κ1) is 17.5. The van der Waals surface area contributed by atoms with Crippen molar-refractivity contribution in [2.24, 2.45) is 0 Å². The van der Waals surface area contributed by atoms with Crippen molar-refractivity contribution >= 4 is 0 Å². The number of nitrogens with zero attached hydrogens (tertiary/aromatic N) is 1. The van der Waals surface area contributed by atoms with Crippen LogP contribution in [0, 0.1) is 0 Å². The molecule has 1 aliphatic heterocycles. The summed E-state index contributed by atoms with van der Waals surface area (Å²) >= 11 is 0. The van der Waals surface area contributed by atoms with Crippen LogP contribution in [0.3, 0.4) is 0 Å². The lowest BCUT2D eigenvalue weighted by atomic mass is 9.89. The molecule has 0 N–H and O–H groups in total. The summed E-state index contributed by atoms with van der Waals surface area (Å²) in [4.78, 5) is 2.69. The number of unbranched alkanes of at least 4 members (excludes halogenated alkanes) is 7.